The Labute approximate surface area is 117 Å². The van der Waals surface area contributed by atoms with Crippen molar-refractivity contribution in [3.05, 3.63) is 29.3 Å². The molecule has 3 rings (SSSR count). The zero-order valence-corrected chi connectivity index (χ0v) is 11.4. The van der Waals surface area contributed by atoms with Crippen molar-refractivity contribution in [3.63, 3.8) is 0 Å². The van der Waals surface area contributed by atoms with Crippen molar-refractivity contribution in [1.82, 2.24) is 5.32 Å². The number of carbonyl (C=O) groups is 2. The number of likely N-dealkylation sites (N-methyl/N-ethyl adjacent to an activating group) is 1. The molecule has 1 amide bonds. The number of rotatable bonds is 2. The summed E-state index contributed by atoms with van der Waals surface area (Å²) in [4.78, 5) is 25.4. The lowest BCUT2D eigenvalue weighted by molar-refractivity contribution is -0.149. The van der Waals surface area contributed by atoms with Crippen molar-refractivity contribution in [2.75, 3.05) is 25.0 Å². The summed E-state index contributed by atoms with van der Waals surface area (Å²) in [6, 6.07) is 6.10. The number of nitrogens with one attached hydrogen (secondary N) is 1. The smallest absolute Gasteiger partial charge is 0.316 e. The van der Waals surface area contributed by atoms with Gasteiger partial charge in [-0.05, 0) is 30.0 Å². The predicted octanol–water partition coefficient (Wildman–Crippen LogP) is 0.983. The van der Waals surface area contributed by atoms with Crippen LogP contribution in [-0.4, -0.2) is 37.1 Å². The molecule has 1 saturated heterocycles. The van der Waals surface area contributed by atoms with E-state index >= 15 is 0 Å². The van der Waals surface area contributed by atoms with E-state index in [4.69, 9.17) is 0 Å². The second-order valence-electron chi connectivity index (χ2n) is 5.56. The molecule has 2 atom stereocenters. The molecule has 0 aliphatic carbocycles. The van der Waals surface area contributed by atoms with Crippen LogP contribution in [0.15, 0.2) is 18.2 Å². The molecule has 0 saturated carbocycles. The number of anilines is 1. The van der Waals surface area contributed by atoms with E-state index in [1.807, 2.05) is 12.1 Å². The molecule has 1 aromatic carbocycles. The molecule has 2 heterocycles. The van der Waals surface area contributed by atoms with Crippen molar-refractivity contribution in [2.24, 2.45) is 5.92 Å². The molecule has 2 aliphatic heterocycles. The molecular weight excluding hydrogens is 256 g/mol. The minimum Gasteiger partial charge on any atom is -0.481 e. The fraction of sp³-hybridized carbons (Fsp3) is 0.467. The minimum absolute atomic E-state index is 0.225. The van der Waals surface area contributed by atoms with Crippen LogP contribution in [0.3, 0.4) is 0 Å². The van der Waals surface area contributed by atoms with Gasteiger partial charge < -0.3 is 15.3 Å². The van der Waals surface area contributed by atoms with Crippen LogP contribution in [0.5, 0.6) is 0 Å². The molecule has 1 aromatic rings. The molecule has 1 fully saturated rings. The van der Waals surface area contributed by atoms with Crippen molar-refractivity contribution in [3.8, 4) is 0 Å². The summed E-state index contributed by atoms with van der Waals surface area (Å²) in [6.07, 6.45) is 1.66. The Balaban J connectivity index is 1.95. The summed E-state index contributed by atoms with van der Waals surface area (Å²) in [5, 5.41) is 12.0. The molecule has 0 radical (unpaired) electrons. The number of fused-ring (bicyclic) bond motifs is 1. The number of amides is 1. The Morgan fingerprint density at radius 3 is 3.00 bits per heavy atom. The van der Waals surface area contributed by atoms with E-state index in [0.717, 1.165) is 18.5 Å². The predicted molar refractivity (Wildman–Crippen MR) is 74.9 cm³/mol. The minimum atomic E-state index is -1.04. The summed E-state index contributed by atoms with van der Waals surface area (Å²) in [6.45, 7) is 1.54. The zero-order valence-electron chi connectivity index (χ0n) is 11.4. The molecule has 0 aromatic heterocycles. The normalized spacial score (nSPS) is 25.2. The van der Waals surface area contributed by atoms with Gasteiger partial charge in [0.25, 0.3) is 0 Å². The number of benzene rings is 1. The van der Waals surface area contributed by atoms with Gasteiger partial charge in [-0.2, -0.15) is 0 Å². The molecule has 5 nitrogen and oxygen atoms in total. The van der Waals surface area contributed by atoms with Crippen molar-refractivity contribution in [1.29, 1.82) is 0 Å². The largest absolute Gasteiger partial charge is 0.481 e. The van der Waals surface area contributed by atoms with E-state index in [-0.39, 0.29) is 11.8 Å². The first kappa shape index (κ1) is 13.0. The van der Waals surface area contributed by atoms with E-state index < -0.39 is 11.9 Å². The van der Waals surface area contributed by atoms with Gasteiger partial charge in [-0.25, -0.2) is 0 Å². The second kappa shape index (κ2) is 4.81. The van der Waals surface area contributed by atoms with Gasteiger partial charge >= 0.3 is 5.97 Å². The standard InChI is InChI=1S/C15H18N2O3/c1-17-7-5-10-8-9(2-3-12(10)17)11-4-6-16-14(18)13(11)15(19)20/h2-3,8,11,13H,4-7H2,1H3,(H,16,18)(H,19,20). The second-order valence-corrected chi connectivity index (χ2v) is 5.56. The Hall–Kier alpha value is -2.04. The Morgan fingerprint density at radius 2 is 2.25 bits per heavy atom. The fourth-order valence-corrected chi connectivity index (χ4v) is 3.27. The van der Waals surface area contributed by atoms with E-state index in [0.29, 0.717) is 13.0 Å². The highest BCUT2D eigenvalue weighted by Gasteiger charge is 2.38. The first-order chi connectivity index (χ1) is 9.58. The lowest BCUT2D eigenvalue weighted by Gasteiger charge is -2.29. The molecule has 2 unspecified atom stereocenters. The van der Waals surface area contributed by atoms with Crippen molar-refractivity contribution < 1.29 is 14.7 Å². The van der Waals surface area contributed by atoms with Crippen molar-refractivity contribution in [2.45, 2.75) is 18.8 Å². The molecule has 0 bridgehead atoms. The number of carboxylic acids is 1. The van der Waals surface area contributed by atoms with E-state index in [2.05, 4.69) is 23.3 Å². The van der Waals surface area contributed by atoms with Crippen LogP contribution in [-0.2, 0) is 16.0 Å². The summed E-state index contributed by atoms with van der Waals surface area (Å²) in [5.74, 6) is -2.60. The van der Waals surface area contributed by atoms with E-state index in [1.54, 1.807) is 0 Å². The number of nitrogens with zero attached hydrogens (tertiary/aromatic N) is 1. The molecule has 5 heteroatoms. The highest BCUT2D eigenvalue weighted by atomic mass is 16.4. The Morgan fingerprint density at radius 1 is 1.45 bits per heavy atom. The van der Waals surface area contributed by atoms with Gasteiger partial charge in [-0.1, -0.05) is 12.1 Å². The maximum atomic E-state index is 11.8. The molecule has 20 heavy (non-hydrogen) atoms. The summed E-state index contributed by atoms with van der Waals surface area (Å²) >= 11 is 0. The van der Waals surface area contributed by atoms with Crippen LogP contribution in [0.2, 0.25) is 0 Å². The average Bonchev–Trinajstić information content (AvgIpc) is 2.79. The van der Waals surface area contributed by atoms with Crippen molar-refractivity contribution >= 4 is 17.6 Å². The summed E-state index contributed by atoms with van der Waals surface area (Å²) in [5.41, 5.74) is 3.43. The van der Waals surface area contributed by atoms with Gasteiger partial charge in [0.05, 0.1) is 0 Å². The number of piperidine rings is 1. The Bertz CT molecular complexity index is 570. The highest BCUT2D eigenvalue weighted by molar-refractivity contribution is 5.98. The quantitative estimate of drug-likeness (QED) is 0.789. The molecular formula is C15H18N2O3. The SMILES string of the molecule is CN1CCc2cc(C3CCNC(=O)C3C(=O)O)ccc21. The maximum absolute atomic E-state index is 11.8. The third kappa shape index (κ3) is 2.03. The van der Waals surface area contributed by atoms with Crippen LogP contribution < -0.4 is 10.2 Å². The molecule has 0 spiro atoms. The average molecular weight is 274 g/mol. The molecule has 2 aliphatic rings. The van der Waals surface area contributed by atoms with E-state index in [9.17, 15) is 14.7 Å². The third-order valence-corrected chi connectivity index (χ3v) is 4.36. The third-order valence-electron chi connectivity index (χ3n) is 4.36. The highest BCUT2D eigenvalue weighted by Crippen LogP contribution is 2.35. The van der Waals surface area contributed by atoms with Crippen LogP contribution in [0.25, 0.3) is 0 Å². The van der Waals surface area contributed by atoms with Gasteiger partial charge in [-0.15, -0.1) is 0 Å². The van der Waals surface area contributed by atoms with Gasteiger partial charge in [0, 0.05) is 31.7 Å². The van der Waals surface area contributed by atoms with Gasteiger partial charge in [0.15, 0.2) is 0 Å². The molecule has 106 valence electrons. The van der Waals surface area contributed by atoms with Gasteiger partial charge in [0.1, 0.15) is 5.92 Å². The number of carbonyl (C=O) groups excluding carboxylic acids is 1. The summed E-state index contributed by atoms with van der Waals surface area (Å²) < 4.78 is 0. The van der Waals surface area contributed by atoms with Gasteiger partial charge in [-0.3, -0.25) is 9.59 Å². The van der Waals surface area contributed by atoms with Gasteiger partial charge in [0.2, 0.25) is 5.91 Å². The number of hydrogen-bond donors (Lipinski definition) is 2. The zero-order chi connectivity index (χ0) is 14.3. The lowest BCUT2D eigenvalue weighted by Crippen LogP contribution is -2.44. The number of aliphatic carboxylic acids is 1. The molecule has 2 N–H and O–H groups in total. The van der Waals surface area contributed by atoms with Crippen LogP contribution in [0, 0.1) is 5.92 Å². The summed E-state index contributed by atoms with van der Waals surface area (Å²) in [7, 11) is 2.06. The number of hydrogen-bond acceptors (Lipinski definition) is 3. The maximum Gasteiger partial charge on any atom is 0.316 e. The lowest BCUT2D eigenvalue weighted by atomic mass is 9.80. The van der Waals surface area contributed by atoms with Crippen LogP contribution in [0.1, 0.15) is 23.5 Å². The first-order valence-electron chi connectivity index (χ1n) is 6.92. The monoisotopic (exact) mass is 274 g/mol. The number of carboxylic acid groups (broad SMARTS) is 1. The fourth-order valence-electron chi connectivity index (χ4n) is 3.27. The topological polar surface area (TPSA) is 69.6 Å². The van der Waals surface area contributed by atoms with Crippen LogP contribution >= 0.6 is 0 Å². The van der Waals surface area contributed by atoms with Crippen LogP contribution in [0.4, 0.5) is 5.69 Å². The Kier molecular flexibility index (Phi) is 3.12. The first-order valence-corrected chi connectivity index (χ1v) is 6.92. The van der Waals surface area contributed by atoms with E-state index in [1.165, 1.54) is 11.3 Å².